The van der Waals surface area contributed by atoms with E-state index in [-0.39, 0.29) is 0 Å². The highest BCUT2D eigenvalue weighted by molar-refractivity contribution is 7.80. The number of hydrogen-bond donors (Lipinski definition) is 1. The highest BCUT2D eigenvalue weighted by atomic mass is 32.1. The molecular formula is C20H25NO3S. The summed E-state index contributed by atoms with van der Waals surface area (Å²) in [6.45, 7) is 7.11. The number of nitrogens with one attached hydrogen (secondary N) is 1. The molecule has 0 atom stereocenters. The van der Waals surface area contributed by atoms with Crippen LogP contribution < -0.4 is 14.8 Å². The standard InChI is InChI=1S/C20H25NO3S/c1-5-15-10-11-18(14(3)12-15)24-13-16-17(21-20(25)22-4)8-7-9-19(16)23-6-2/h7-12H,5-6,13H2,1-4H3,(H,21,25). The molecule has 5 heteroatoms. The Bertz CT molecular complexity index is 731. The summed E-state index contributed by atoms with van der Waals surface area (Å²) in [6.07, 6.45) is 1.01. The number of hydrogen-bond acceptors (Lipinski definition) is 4. The predicted octanol–water partition coefficient (Wildman–Crippen LogP) is 4.88. The molecule has 134 valence electrons. The molecule has 2 rings (SSSR count). The second kappa shape index (κ2) is 9.28. The van der Waals surface area contributed by atoms with Gasteiger partial charge in [-0.2, -0.15) is 0 Å². The lowest BCUT2D eigenvalue weighted by Crippen LogP contribution is -2.14. The normalized spacial score (nSPS) is 10.2. The molecule has 0 bridgehead atoms. The van der Waals surface area contributed by atoms with Gasteiger partial charge < -0.3 is 19.5 Å². The maximum atomic E-state index is 6.06. The van der Waals surface area contributed by atoms with Crippen molar-refractivity contribution in [1.29, 1.82) is 0 Å². The molecule has 0 fully saturated rings. The van der Waals surface area contributed by atoms with Crippen molar-refractivity contribution in [3.63, 3.8) is 0 Å². The summed E-state index contributed by atoms with van der Waals surface area (Å²) in [4.78, 5) is 0. The zero-order chi connectivity index (χ0) is 18.2. The van der Waals surface area contributed by atoms with E-state index in [9.17, 15) is 0 Å². The van der Waals surface area contributed by atoms with Gasteiger partial charge in [-0.1, -0.05) is 25.1 Å². The van der Waals surface area contributed by atoms with Crippen molar-refractivity contribution >= 4 is 23.1 Å². The van der Waals surface area contributed by atoms with Crippen LogP contribution in [0.4, 0.5) is 5.69 Å². The molecule has 0 radical (unpaired) electrons. The third-order valence-corrected chi connectivity index (χ3v) is 4.14. The van der Waals surface area contributed by atoms with E-state index in [2.05, 4.69) is 31.3 Å². The van der Waals surface area contributed by atoms with Crippen molar-refractivity contribution < 1.29 is 14.2 Å². The van der Waals surface area contributed by atoms with Gasteiger partial charge in [-0.15, -0.1) is 0 Å². The minimum atomic E-state index is 0.304. The Morgan fingerprint density at radius 1 is 1.08 bits per heavy atom. The molecule has 0 spiro atoms. The van der Waals surface area contributed by atoms with Gasteiger partial charge in [0.15, 0.2) is 0 Å². The first-order valence-electron chi connectivity index (χ1n) is 8.41. The zero-order valence-corrected chi connectivity index (χ0v) is 16.0. The van der Waals surface area contributed by atoms with Gasteiger partial charge in [0.1, 0.15) is 18.1 Å². The van der Waals surface area contributed by atoms with Crippen LogP contribution in [0.25, 0.3) is 0 Å². The number of benzene rings is 2. The maximum Gasteiger partial charge on any atom is 0.260 e. The van der Waals surface area contributed by atoms with Gasteiger partial charge >= 0.3 is 0 Å². The third-order valence-electron chi connectivity index (χ3n) is 3.87. The van der Waals surface area contributed by atoms with E-state index < -0.39 is 0 Å². The van der Waals surface area contributed by atoms with Gasteiger partial charge in [0.25, 0.3) is 5.17 Å². The van der Waals surface area contributed by atoms with Crippen molar-refractivity contribution in [3.05, 3.63) is 53.1 Å². The van der Waals surface area contributed by atoms with Crippen LogP contribution in [0, 0.1) is 6.92 Å². The number of thiocarbonyl (C=S) groups is 1. The van der Waals surface area contributed by atoms with E-state index in [1.807, 2.05) is 31.2 Å². The minimum absolute atomic E-state index is 0.304. The maximum absolute atomic E-state index is 6.06. The van der Waals surface area contributed by atoms with Crippen molar-refractivity contribution in [2.24, 2.45) is 0 Å². The SMILES string of the molecule is CCOc1cccc(NC(=S)OC)c1COc1ccc(CC)cc1C. The van der Waals surface area contributed by atoms with E-state index >= 15 is 0 Å². The largest absolute Gasteiger partial charge is 0.493 e. The first kappa shape index (κ1) is 19.1. The highest BCUT2D eigenvalue weighted by Gasteiger charge is 2.13. The van der Waals surface area contributed by atoms with E-state index in [0.29, 0.717) is 18.4 Å². The number of ether oxygens (including phenoxy) is 3. The summed E-state index contributed by atoms with van der Waals surface area (Å²) in [5, 5.41) is 3.38. The molecule has 2 aromatic carbocycles. The lowest BCUT2D eigenvalue weighted by Gasteiger charge is -2.17. The summed E-state index contributed by atoms with van der Waals surface area (Å²) in [6, 6.07) is 12.0. The van der Waals surface area contributed by atoms with Crippen molar-refractivity contribution in [2.45, 2.75) is 33.8 Å². The van der Waals surface area contributed by atoms with Crippen LogP contribution >= 0.6 is 12.2 Å². The van der Waals surface area contributed by atoms with Gasteiger partial charge in [0, 0.05) is 0 Å². The Kier molecular flexibility index (Phi) is 7.07. The summed E-state index contributed by atoms with van der Waals surface area (Å²) >= 11 is 5.12. The molecule has 0 heterocycles. The lowest BCUT2D eigenvalue weighted by molar-refractivity contribution is 0.285. The van der Waals surface area contributed by atoms with Crippen LogP contribution in [0.2, 0.25) is 0 Å². The average molecular weight is 359 g/mol. The zero-order valence-electron chi connectivity index (χ0n) is 15.2. The highest BCUT2D eigenvalue weighted by Crippen LogP contribution is 2.29. The van der Waals surface area contributed by atoms with Crippen molar-refractivity contribution in [3.8, 4) is 11.5 Å². The third kappa shape index (κ3) is 5.10. The van der Waals surface area contributed by atoms with Crippen LogP contribution in [0.3, 0.4) is 0 Å². The quantitative estimate of drug-likeness (QED) is 0.714. The second-order valence-corrected chi connectivity index (χ2v) is 5.94. The Balaban J connectivity index is 2.25. The number of rotatable bonds is 7. The molecule has 25 heavy (non-hydrogen) atoms. The molecule has 1 N–H and O–H groups in total. The van der Waals surface area contributed by atoms with Crippen molar-refractivity contribution in [1.82, 2.24) is 0 Å². The van der Waals surface area contributed by atoms with Crippen LogP contribution in [0.1, 0.15) is 30.5 Å². The van der Waals surface area contributed by atoms with E-state index in [1.54, 1.807) is 0 Å². The first-order chi connectivity index (χ1) is 12.1. The number of aryl methyl sites for hydroxylation is 2. The smallest absolute Gasteiger partial charge is 0.260 e. The molecule has 0 aliphatic rings. The molecule has 0 aliphatic heterocycles. The number of methoxy groups -OCH3 is 1. The van der Waals surface area contributed by atoms with Crippen LogP contribution in [0.5, 0.6) is 11.5 Å². The molecule has 0 amide bonds. The summed E-state index contributed by atoms with van der Waals surface area (Å²) in [7, 11) is 1.54. The van der Waals surface area contributed by atoms with Crippen molar-refractivity contribution in [2.75, 3.05) is 19.0 Å². The molecular weight excluding hydrogens is 334 g/mol. The van der Waals surface area contributed by atoms with Crippen LogP contribution in [-0.2, 0) is 17.8 Å². The molecule has 4 nitrogen and oxygen atoms in total. The Labute approximate surface area is 155 Å². The summed E-state index contributed by atoms with van der Waals surface area (Å²) in [5.74, 6) is 1.64. The average Bonchev–Trinajstić information content (AvgIpc) is 2.62. The van der Waals surface area contributed by atoms with Crippen LogP contribution in [-0.4, -0.2) is 18.9 Å². The topological polar surface area (TPSA) is 39.7 Å². The van der Waals surface area contributed by atoms with E-state index in [1.165, 1.54) is 12.7 Å². The molecule has 2 aromatic rings. The molecule has 0 unspecified atom stereocenters. The van der Waals surface area contributed by atoms with Crippen LogP contribution in [0.15, 0.2) is 36.4 Å². The van der Waals surface area contributed by atoms with Gasteiger partial charge in [0.2, 0.25) is 0 Å². The predicted molar refractivity (Wildman–Crippen MR) is 106 cm³/mol. The van der Waals surface area contributed by atoms with Gasteiger partial charge in [-0.25, -0.2) is 0 Å². The Morgan fingerprint density at radius 2 is 1.88 bits per heavy atom. The Hall–Kier alpha value is -2.27. The fourth-order valence-electron chi connectivity index (χ4n) is 2.53. The molecule has 0 saturated carbocycles. The monoisotopic (exact) mass is 359 g/mol. The fraction of sp³-hybridized carbons (Fsp3) is 0.350. The molecule has 0 aromatic heterocycles. The van der Waals surface area contributed by atoms with Gasteiger partial charge in [-0.05, 0) is 61.8 Å². The van der Waals surface area contributed by atoms with E-state index in [4.69, 9.17) is 26.4 Å². The minimum Gasteiger partial charge on any atom is -0.493 e. The van der Waals surface area contributed by atoms with Gasteiger partial charge in [-0.3, -0.25) is 0 Å². The fourth-order valence-corrected chi connectivity index (χ4v) is 2.64. The van der Waals surface area contributed by atoms with E-state index in [0.717, 1.165) is 34.7 Å². The molecule has 0 saturated heterocycles. The second-order valence-electron chi connectivity index (χ2n) is 5.57. The number of anilines is 1. The molecule has 0 aliphatic carbocycles. The Morgan fingerprint density at radius 3 is 2.52 bits per heavy atom. The first-order valence-corrected chi connectivity index (χ1v) is 8.81. The van der Waals surface area contributed by atoms with Gasteiger partial charge in [0.05, 0.1) is 25.0 Å². The summed E-state index contributed by atoms with van der Waals surface area (Å²) < 4.78 is 16.9. The summed E-state index contributed by atoms with van der Waals surface area (Å²) in [5.41, 5.74) is 4.14. The lowest BCUT2D eigenvalue weighted by atomic mass is 10.1.